The van der Waals surface area contributed by atoms with Gasteiger partial charge in [0, 0.05) is 23.6 Å². The molecular formula is C6H7BN4. The van der Waals surface area contributed by atoms with Crippen LogP contribution in [0, 0.1) is 0 Å². The molecule has 0 atom stereocenters. The van der Waals surface area contributed by atoms with Gasteiger partial charge in [-0.25, -0.2) is 0 Å². The molecule has 0 spiro atoms. The molecule has 5 heteroatoms. The van der Waals surface area contributed by atoms with Gasteiger partial charge < -0.3 is 0 Å². The molecule has 0 unspecified atom stereocenters. The average Bonchev–Trinajstić information content (AvgIpc) is 2.60. The van der Waals surface area contributed by atoms with Gasteiger partial charge in [-0.1, -0.05) is 0 Å². The topological polar surface area (TPSA) is 57.4 Å². The van der Waals surface area contributed by atoms with Gasteiger partial charge in [0.1, 0.15) is 0 Å². The van der Waals surface area contributed by atoms with E-state index in [1.165, 1.54) is 0 Å². The second kappa shape index (κ2) is 2.61. The van der Waals surface area contributed by atoms with Crippen LogP contribution in [0.2, 0.25) is 0 Å². The van der Waals surface area contributed by atoms with E-state index in [0.717, 1.165) is 18.5 Å². The Labute approximate surface area is 64.3 Å². The third kappa shape index (κ3) is 1.31. The number of hydrogen-bond acceptors (Lipinski definition) is 2. The first-order valence-corrected chi connectivity index (χ1v) is 3.42. The third-order valence-electron chi connectivity index (χ3n) is 1.48. The standard InChI is InChI=1S/C6H7BN4/c1-3-8-10-5(1)7-6-2-4-9-11-6/h1-4,7H,(H,8,10)(H,9,11). The summed E-state index contributed by atoms with van der Waals surface area (Å²) in [5.74, 6) is 0. The molecule has 0 saturated carbocycles. The van der Waals surface area contributed by atoms with Crippen LogP contribution in [0.4, 0.5) is 0 Å². The number of H-pyrrole nitrogens is 2. The van der Waals surface area contributed by atoms with E-state index >= 15 is 0 Å². The molecule has 0 bridgehead atoms. The molecule has 0 aliphatic carbocycles. The number of aromatic amines is 2. The molecule has 2 aromatic rings. The fourth-order valence-electron chi connectivity index (χ4n) is 0.964. The molecule has 2 aromatic heterocycles. The van der Waals surface area contributed by atoms with Crippen LogP contribution in [0.5, 0.6) is 0 Å². The molecule has 0 fully saturated rings. The molecule has 0 amide bonds. The van der Waals surface area contributed by atoms with Gasteiger partial charge in [0.15, 0.2) is 0 Å². The normalized spacial score (nSPS) is 9.82. The summed E-state index contributed by atoms with van der Waals surface area (Å²) in [6, 6.07) is 3.88. The fraction of sp³-hybridized carbons (Fsp3) is 0. The van der Waals surface area contributed by atoms with Gasteiger partial charge >= 0.3 is 0 Å². The summed E-state index contributed by atoms with van der Waals surface area (Å²) < 4.78 is 0. The highest BCUT2D eigenvalue weighted by atomic mass is 15.1. The quantitative estimate of drug-likeness (QED) is 0.507. The number of nitrogens with one attached hydrogen (secondary N) is 2. The Morgan fingerprint density at radius 3 is 1.91 bits per heavy atom. The summed E-state index contributed by atoms with van der Waals surface area (Å²) in [7, 11) is 0.785. The van der Waals surface area contributed by atoms with Crippen LogP contribution in [-0.2, 0) is 0 Å². The molecule has 2 N–H and O–H groups in total. The summed E-state index contributed by atoms with van der Waals surface area (Å²) in [6.07, 6.45) is 3.62. The van der Waals surface area contributed by atoms with Crippen molar-refractivity contribution in [2.75, 3.05) is 0 Å². The van der Waals surface area contributed by atoms with Crippen LogP contribution < -0.4 is 11.2 Å². The zero-order valence-electron chi connectivity index (χ0n) is 5.91. The lowest BCUT2D eigenvalue weighted by molar-refractivity contribution is 1.10. The van der Waals surface area contributed by atoms with Crippen molar-refractivity contribution in [1.82, 2.24) is 20.4 Å². The first kappa shape index (κ1) is 6.21. The van der Waals surface area contributed by atoms with Crippen LogP contribution in [-0.4, -0.2) is 27.7 Å². The zero-order valence-corrected chi connectivity index (χ0v) is 5.91. The van der Waals surface area contributed by atoms with E-state index in [1.54, 1.807) is 0 Å². The number of aromatic nitrogens is 4. The molecule has 0 aliphatic rings. The van der Waals surface area contributed by atoms with Crippen LogP contribution in [0.15, 0.2) is 24.5 Å². The van der Waals surface area contributed by atoms with Gasteiger partial charge in [0.25, 0.3) is 0 Å². The van der Waals surface area contributed by atoms with Gasteiger partial charge in [-0.3, -0.25) is 10.2 Å². The minimum absolute atomic E-state index is 0.785. The second-order valence-electron chi connectivity index (χ2n) is 2.31. The molecule has 0 aromatic carbocycles. The summed E-state index contributed by atoms with van der Waals surface area (Å²) in [5.41, 5.74) is 2.02. The van der Waals surface area contributed by atoms with Crippen LogP contribution in [0.25, 0.3) is 0 Å². The predicted molar refractivity (Wildman–Crippen MR) is 43.6 cm³/mol. The molecule has 4 nitrogen and oxygen atoms in total. The van der Waals surface area contributed by atoms with Crippen molar-refractivity contribution in [2.45, 2.75) is 0 Å². The van der Waals surface area contributed by atoms with Crippen LogP contribution >= 0.6 is 0 Å². The molecule has 11 heavy (non-hydrogen) atoms. The maximum atomic E-state index is 4.01. The van der Waals surface area contributed by atoms with Gasteiger partial charge in [-0.05, 0) is 12.1 Å². The van der Waals surface area contributed by atoms with Gasteiger partial charge in [-0.15, -0.1) is 0 Å². The summed E-state index contributed by atoms with van der Waals surface area (Å²) >= 11 is 0. The predicted octanol–water partition coefficient (Wildman–Crippen LogP) is -1.48. The first-order chi connectivity index (χ1) is 5.45. The summed E-state index contributed by atoms with van der Waals surface area (Å²) in [6.45, 7) is 0. The van der Waals surface area contributed by atoms with Crippen LogP contribution in [0.3, 0.4) is 0 Å². The Morgan fingerprint density at radius 2 is 1.55 bits per heavy atom. The van der Waals surface area contributed by atoms with E-state index in [2.05, 4.69) is 20.4 Å². The van der Waals surface area contributed by atoms with E-state index in [1.807, 2.05) is 24.5 Å². The molecule has 0 radical (unpaired) electrons. The molecular weight excluding hydrogens is 139 g/mol. The minimum Gasteiger partial charge on any atom is -0.286 e. The molecule has 2 heterocycles. The van der Waals surface area contributed by atoms with Gasteiger partial charge in [0.2, 0.25) is 7.28 Å². The van der Waals surface area contributed by atoms with Crippen molar-refractivity contribution in [1.29, 1.82) is 0 Å². The molecule has 0 saturated heterocycles. The summed E-state index contributed by atoms with van der Waals surface area (Å²) in [5, 5.41) is 13.5. The van der Waals surface area contributed by atoms with Crippen molar-refractivity contribution >= 4 is 18.5 Å². The highest BCUT2D eigenvalue weighted by Crippen LogP contribution is 1.72. The Bertz CT molecular complexity index is 267. The highest BCUT2D eigenvalue weighted by molar-refractivity contribution is 6.65. The van der Waals surface area contributed by atoms with E-state index in [0.29, 0.717) is 0 Å². The molecule has 54 valence electrons. The van der Waals surface area contributed by atoms with Gasteiger partial charge in [0.05, 0.1) is 0 Å². The second-order valence-corrected chi connectivity index (χ2v) is 2.31. The lowest BCUT2D eigenvalue weighted by Crippen LogP contribution is -2.28. The van der Waals surface area contributed by atoms with Gasteiger partial charge in [-0.2, -0.15) is 10.2 Å². The maximum absolute atomic E-state index is 4.01. The Kier molecular flexibility index (Phi) is 1.48. The minimum atomic E-state index is 0.785. The monoisotopic (exact) mass is 146 g/mol. The van der Waals surface area contributed by atoms with Crippen molar-refractivity contribution in [3.05, 3.63) is 24.5 Å². The SMILES string of the molecule is B(c1cc[nH]n1)c1cc[nH]n1. The van der Waals surface area contributed by atoms with Crippen molar-refractivity contribution in [3.8, 4) is 0 Å². The number of rotatable bonds is 2. The lowest BCUT2D eigenvalue weighted by atomic mass is 9.71. The Morgan fingerprint density at radius 1 is 1.00 bits per heavy atom. The Balaban J connectivity index is 2.14. The zero-order chi connectivity index (χ0) is 7.52. The first-order valence-electron chi connectivity index (χ1n) is 3.42. The third-order valence-corrected chi connectivity index (χ3v) is 1.48. The molecule has 0 aliphatic heterocycles. The fourth-order valence-corrected chi connectivity index (χ4v) is 0.964. The lowest BCUT2D eigenvalue weighted by Gasteiger charge is -1.84. The number of nitrogens with zero attached hydrogens (tertiary/aromatic N) is 2. The van der Waals surface area contributed by atoms with E-state index in [9.17, 15) is 0 Å². The van der Waals surface area contributed by atoms with Crippen LogP contribution in [0.1, 0.15) is 0 Å². The summed E-state index contributed by atoms with van der Waals surface area (Å²) in [4.78, 5) is 0. The largest absolute Gasteiger partial charge is 0.286 e. The van der Waals surface area contributed by atoms with E-state index < -0.39 is 0 Å². The maximum Gasteiger partial charge on any atom is 0.245 e. The van der Waals surface area contributed by atoms with Crippen molar-refractivity contribution < 1.29 is 0 Å². The highest BCUT2D eigenvalue weighted by Gasteiger charge is 2.01. The smallest absolute Gasteiger partial charge is 0.245 e. The molecule has 2 rings (SSSR count). The van der Waals surface area contributed by atoms with E-state index in [-0.39, 0.29) is 0 Å². The van der Waals surface area contributed by atoms with Crippen molar-refractivity contribution in [3.63, 3.8) is 0 Å². The van der Waals surface area contributed by atoms with Crippen molar-refractivity contribution in [2.24, 2.45) is 0 Å². The van der Waals surface area contributed by atoms with E-state index in [4.69, 9.17) is 0 Å². The number of hydrogen-bond donors (Lipinski definition) is 2. The average molecular weight is 146 g/mol. The Hall–Kier alpha value is -1.52.